The first kappa shape index (κ1) is 14.1. The summed E-state index contributed by atoms with van der Waals surface area (Å²) in [5, 5.41) is 0. The lowest BCUT2D eigenvalue weighted by molar-refractivity contribution is 0.386. The van der Waals surface area contributed by atoms with Gasteiger partial charge in [0, 0.05) is 18.2 Å². The molecule has 0 bridgehead atoms. The maximum absolute atomic E-state index is 13.7. The first-order valence-corrected chi connectivity index (χ1v) is 6.82. The predicted octanol–water partition coefficient (Wildman–Crippen LogP) is 4.45. The van der Waals surface area contributed by atoms with Gasteiger partial charge in [-0.25, -0.2) is 4.39 Å². The fourth-order valence-corrected chi connectivity index (χ4v) is 2.90. The Morgan fingerprint density at radius 3 is 2.63 bits per heavy atom. The number of imidazole rings is 1. The number of fused-ring (bicyclic) bond motifs is 1. The van der Waals surface area contributed by atoms with Crippen molar-refractivity contribution in [3.63, 3.8) is 0 Å². The van der Waals surface area contributed by atoms with Crippen LogP contribution in [0.15, 0.2) is 12.1 Å². The highest BCUT2D eigenvalue weighted by atomic mass is 32.1. The highest BCUT2D eigenvalue weighted by Crippen LogP contribution is 2.28. The summed E-state index contributed by atoms with van der Waals surface area (Å²) in [6.45, 7) is 6.48. The van der Waals surface area contributed by atoms with E-state index >= 15 is 0 Å². The fourth-order valence-electron chi connectivity index (χ4n) is 2.51. The smallest absolute Gasteiger partial charge is 0.178 e. The number of hydrogen-bond acceptors (Lipinski definition) is 2. The molecule has 0 aliphatic heterocycles. The minimum absolute atomic E-state index is 0.243. The molecule has 1 aromatic carbocycles. The van der Waals surface area contributed by atoms with Gasteiger partial charge < -0.3 is 14.3 Å². The van der Waals surface area contributed by atoms with Crippen molar-refractivity contribution >= 4 is 23.3 Å². The zero-order valence-electron chi connectivity index (χ0n) is 11.7. The molecule has 0 spiro atoms. The lowest BCUT2D eigenvalue weighted by Crippen LogP contribution is -2.08. The Hall–Kier alpha value is -1.36. The Morgan fingerprint density at radius 1 is 1.37 bits per heavy atom. The van der Waals surface area contributed by atoms with Gasteiger partial charge in [0.25, 0.3) is 0 Å². The number of nitrogens with zero attached hydrogens (tertiary/aromatic N) is 1. The number of halogens is 1. The second-order valence-electron chi connectivity index (χ2n) is 5.28. The second kappa shape index (κ2) is 5.33. The molecule has 0 fully saturated rings. The Bertz CT molecular complexity index is 645. The zero-order valence-corrected chi connectivity index (χ0v) is 12.5. The summed E-state index contributed by atoms with van der Waals surface area (Å²) >= 11 is 5.35. The van der Waals surface area contributed by atoms with E-state index in [1.165, 1.54) is 13.2 Å². The maximum Gasteiger partial charge on any atom is 0.178 e. The maximum atomic E-state index is 13.7. The van der Waals surface area contributed by atoms with E-state index in [9.17, 15) is 4.39 Å². The first-order chi connectivity index (χ1) is 8.93. The van der Waals surface area contributed by atoms with Crippen LogP contribution in [0.5, 0.6) is 5.75 Å². The van der Waals surface area contributed by atoms with Crippen LogP contribution < -0.4 is 4.74 Å². The molecule has 1 atom stereocenters. The van der Waals surface area contributed by atoms with Gasteiger partial charge in [0.1, 0.15) is 0 Å². The summed E-state index contributed by atoms with van der Waals surface area (Å²) in [7, 11) is 1.47. The molecule has 2 rings (SSSR count). The molecule has 0 amide bonds. The van der Waals surface area contributed by atoms with Crippen LogP contribution in [0.4, 0.5) is 4.39 Å². The van der Waals surface area contributed by atoms with E-state index in [2.05, 4.69) is 25.8 Å². The molecule has 104 valence electrons. The molecule has 1 unspecified atom stereocenters. The number of benzene rings is 1. The average Bonchev–Trinajstić information content (AvgIpc) is 2.61. The van der Waals surface area contributed by atoms with Gasteiger partial charge in [-0.1, -0.05) is 13.8 Å². The largest absolute Gasteiger partial charge is 0.494 e. The molecule has 0 saturated heterocycles. The Morgan fingerprint density at radius 2 is 2.05 bits per heavy atom. The summed E-state index contributed by atoms with van der Waals surface area (Å²) in [5.74, 6) is 0.436. The van der Waals surface area contributed by atoms with Gasteiger partial charge in [0.05, 0.1) is 18.1 Å². The van der Waals surface area contributed by atoms with E-state index < -0.39 is 0 Å². The Balaban J connectivity index is 2.60. The summed E-state index contributed by atoms with van der Waals surface area (Å²) in [4.78, 5) is 3.06. The highest BCUT2D eigenvalue weighted by Gasteiger charge is 2.15. The minimum atomic E-state index is -0.380. The summed E-state index contributed by atoms with van der Waals surface area (Å²) in [5.41, 5.74) is 1.59. The van der Waals surface area contributed by atoms with Crippen molar-refractivity contribution in [2.24, 2.45) is 5.92 Å². The average molecular weight is 282 g/mol. The molecule has 1 aromatic heterocycles. The van der Waals surface area contributed by atoms with Crippen LogP contribution in [0.1, 0.15) is 33.2 Å². The molecular weight excluding hydrogens is 263 g/mol. The molecule has 1 N–H and O–H groups in total. The van der Waals surface area contributed by atoms with Gasteiger partial charge >= 0.3 is 0 Å². The van der Waals surface area contributed by atoms with Crippen LogP contribution in [-0.4, -0.2) is 16.7 Å². The number of ether oxygens (including phenoxy) is 1. The van der Waals surface area contributed by atoms with Crippen molar-refractivity contribution in [1.82, 2.24) is 9.55 Å². The lowest BCUT2D eigenvalue weighted by atomic mass is 10.1. The molecule has 19 heavy (non-hydrogen) atoms. The molecule has 0 saturated carbocycles. The normalized spacial score (nSPS) is 13.2. The van der Waals surface area contributed by atoms with Crippen LogP contribution in [0.25, 0.3) is 11.0 Å². The Kier molecular flexibility index (Phi) is 3.94. The van der Waals surface area contributed by atoms with Crippen LogP contribution in [-0.2, 0) is 0 Å². The summed E-state index contributed by atoms with van der Waals surface area (Å²) in [6, 6.07) is 3.40. The molecule has 0 aliphatic rings. The Labute approximate surface area is 117 Å². The molecule has 0 aliphatic carbocycles. The summed E-state index contributed by atoms with van der Waals surface area (Å²) < 4.78 is 21.4. The van der Waals surface area contributed by atoms with Crippen molar-refractivity contribution < 1.29 is 9.13 Å². The quantitative estimate of drug-likeness (QED) is 0.839. The number of nitrogens with one attached hydrogen (secondary N) is 1. The molecule has 0 radical (unpaired) electrons. The third-order valence-electron chi connectivity index (χ3n) is 3.24. The number of rotatable bonds is 4. The van der Waals surface area contributed by atoms with Crippen molar-refractivity contribution in [1.29, 1.82) is 0 Å². The van der Waals surface area contributed by atoms with Crippen LogP contribution in [0.3, 0.4) is 0 Å². The number of H-pyrrole nitrogens is 1. The fraction of sp³-hybridized carbons (Fsp3) is 0.500. The van der Waals surface area contributed by atoms with E-state index in [1.54, 1.807) is 6.07 Å². The van der Waals surface area contributed by atoms with E-state index in [0.29, 0.717) is 16.2 Å². The third kappa shape index (κ3) is 2.66. The van der Waals surface area contributed by atoms with E-state index in [0.717, 1.165) is 11.9 Å². The second-order valence-corrected chi connectivity index (χ2v) is 5.67. The molecule has 1 heterocycles. The van der Waals surface area contributed by atoms with Gasteiger partial charge in [-0.05, 0) is 31.5 Å². The molecule has 5 heteroatoms. The van der Waals surface area contributed by atoms with Crippen LogP contribution >= 0.6 is 12.2 Å². The number of aromatic amines is 1. The molecule has 3 nitrogen and oxygen atoms in total. The lowest BCUT2D eigenvalue weighted by Gasteiger charge is -2.17. The number of methoxy groups -OCH3 is 1. The van der Waals surface area contributed by atoms with E-state index in [4.69, 9.17) is 17.0 Å². The zero-order chi connectivity index (χ0) is 14.2. The standard InChI is InChI=1S/C14H19FN2OS/c1-8(2)5-9(3)17-12-7-13(18-4)10(15)6-11(12)16-14(17)19/h6-9H,5H2,1-4H3,(H,16,19). The van der Waals surface area contributed by atoms with Gasteiger partial charge in [-0.3, -0.25) is 0 Å². The van der Waals surface area contributed by atoms with Gasteiger partial charge in [-0.2, -0.15) is 0 Å². The molecule has 2 aromatic rings. The highest BCUT2D eigenvalue weighted by molar-refractivity contribution is 7.71. The monoisotopic (exact) mass is 282 g/mol. The van der Waals surface area contributed by atoms with Gasteiger partial charge in [0.15, 0.2) is 16.3 Å². The minimum Gasteiger partial charge on any atom is -0.494 e. The number of hydrogen-bond donors (Lipinski definition) is 1. The van der Waals surface area contributed by atoms with E-state index in [-0.39, 0.29) is 17.6 Å². The van der Waals surface area contributed by atoms with Crippen molar-refractivity contribution in [2.45, 2.75) is 33.2 Å². The first-order valence-electron chi connectivity index (χ1n) is 6.41. The van der Waals surface area contributed by atoms with Gasteiger partial charge in [-0.15, -0.1) is 0 Å². The topological polar surface area (TPSA) is 29.9 Å². The van der Waals surface area contributed by atoms with Crippen molar-refractivity contribution in [3.05, 3.63) is 22.7 Å². The SMILES string of the molecule is COc1cc2c(cc1F)[nH]c(=S)n2C(C)CC(C)C. The van der Waals surface area contributed by atoms with Crippen LogP contribution in [0, 0.1) is 16.5 Å². The van der Waals surface area contributed by atoms with Crippen molar-refractivity contribution in [3.8, 4) is 5.75 Å². The van der Waals surface area contributed by atoms with Crippen LogP contribution in [0.2, 0.25) is 0 Å². The third-order valence-corrected chi connectivity index (χ3v) is 3.54. The van der Waals surface area contributed by atoms with Gasteiger partial charge in [0.2, 0.25) is 0 Å². The van der Waals surface area contributed by atoms with Crippen molar-refractivity contribution in [2.75, 3.05) is 7.11 Å². The number of aromatic nitrogens is 2. The van der Waals surface area contributed by atoms with E-state index in [1.807, 2.05) is 4.57 Å². The summed E-state index contributed by atoms with van der Waals surface area (Å²) in [6.07, 6.45) is 1.01. The molecular formula is C14H19FN2OS. The predicted molar refractivity (Wildman–Crippen MR) is 77.8 cm³/mol.